The quantitative estimate of drug-likeness (QED) is 0.610. The Balaban J connectivity index is 1.17. The molecule has 34 heavy (non-hydrogen) atoms. The highest BCUT2D eigenvalue weighted by Crippen LogP contribution is 2.40. The summed E-state index contributed by atoms with van der Waals surface area (Å²) in [5, 5.41) is 8.27. The molecule has 2 fully saturated rings. The van der Waals surface area contributed by atoms with Gasteiger partial charge in [-0.05, 0) is 56.6 Å². The molecule has 10 heteroatoms. The Bertz CT molecular complexity index is 1190. The van der Waals surface area contributed by atoms with E-state index in [-0.39, 0.29) is 5.75 Å². The van der Waals surface area contributed by atoms with Gasteiger partial charge >= 0.3 is 0 Å². The second-order valence-electron chi connectivity index (χ2n) is 9.51. The van der Waals surface area contributed by atoms with Gasteiger partial charge in [-0.1, -0.05) is 6.07 Å². The van der Waals surface area contributed by atoms with Crippen molar-refractivity contribution in [1.29, 1.82) is 0 Å². The first-order chi connectivity index (χ1) is 16.5. The first kappa shape index (κ1) is 21.2. The van der Waals surface area contributed by atoms with Crippen molar-refractivity contribution in [1.82, 2.24) is 24.7 Å². The Kier molecular flexibility index (Phi) is 5.30. The smallest absolute Gasteiger partial charge is 0.242 e. The van der Waals surface area contributed by atoms with E-state index in [9.17, 15) is 8.78 Å². The van der Waals surface area contributed by atoms with Crippen LogP contribution in [0.3, 0.4) is 0 Å². The summed E-state index contributed by atoms with van der Waals surface area (Å²) in [6.45, 7) is 4.58. The minimum Gasteiger partial charge on any atom is -0.479 e. The molecule has 1 aliphatic carbocycles. The third-order valence-corrected chi connectivity index (χ3v) is 7.25. The van der Waals surface area contributed by atoms with Gasteiger partial charge in [-0.3, -0.25) is 0 Å². The van der Waals surface area contributed by atoms with Crippen LogP contribution in [0.4, 0.5) is 20.5 Å². The van der Waals surface area contributed by atoms with Gasteiger partial charge in [-0.25, -0.2) is 19.0 Å². The van der Waals surface area contributed by atoms with Gasteiger partial charge in [0.15, 0.2) is 23.5 Å². The average molecular weight is 468 g/mol. The van der Waals surface area contributed by atoms with Crippen LogP contribution in [-0.2, 0) is 6.54 Å². The van der Waals surface area contributed by atoms with Gasteiger partial charge in [0.25, 0.3) is 0 Å². The lowest BCUT2D eigenvalue weighted by Crippen LogP contribution is -2.48. The van der Waals surface area contributed by atoms with E-state index in [0.717, 1.165) is 56.5 Å². The molecule has 3 aromatic rings. The van der Waals surface area contributed by atoms with Crippen LogP contribution in [0.2, 0.25) is 0 Å². The molecule has 0 amide bonds. The third-order valence-electron chi connectivity index (χ3n) is 7.25. The van der Waals surface area contributed by atoms with Gasteiger partial charge in [-0.15, -0.1) is 5.10 Å². The fourth-order valence-corrected chi connectivity index (χ4v) is 5.62. The number of rotatable bonds is 5. The Hall–Kier alpha value is -3.30. The molecule has 0 radical (unpaired) electrons. The van der Waals surface area contributed by atoms with Crippen molar-refractivity contribution >= 4 is 11.8 Å². The van der Waals surface area contributed by atoms with Gasteiger partial charge in [0.2, 0.25) is 11.8 Å². The van der Waals surface area contributed by atoms with Crippen molar-refractivity contribution in [2.24, 2.45) is 11.8 Å². The molecule has 1 saturated heterocycles. The minimum atomic E-state index is -0.972. The van der Waals surface area contributed by atoms with Crippen molar-refractivity contribution < 1.29 is 13.5 Å². The summed E-state index contributed by atoms with van der Waals surface area (Å²) in [6.07, 6.45) is 4.98. The molecular weight excluding hydrogens is 440 g/mol. The van der Waals surface area contributed by atoms with Crippen molar-refractivity contribution in [2.45, 2.75) is 51.3 Å². The van der Waals surface area contributed by atoms with E-state index < -0.39 is 17.7 Å². The summed E-state index contributed by atoms with van der Waals surface area (Å²) >= 11 is 0. The fourth-order valence-electron chi connectivity index (χ4n) is 5.62. The van der Waals surface area contributed by atoms with E-state index in [0.29, 0.717) is 36.1 Å². The van der Waals surface area contributed by atoms with Crippen LogP contribution in [0.5, 0.6) is 5.75 Å². The maximum atomic E-state index is 14.1. The van der Waals surface area contributed by atoms with Crippen LogP contribution >= 0.6 is 0 Å². The van der Waals surface area contributed by atoms with E-state index in [4.69, 9.17) is 9.72 Å². The summed E-state index contributed by atoms with van der Waals surface area (Å²) in [5.41, 5.74) is 0.972. The topological polar surface area (TPSA) is 81.0 Å². The number of nitrogens with zero attached hydrogens (tertiary/aromatic N) is 6. The SMILES string of the molecule is Cc1cc(N2C[C@H]3CC[C@@H](C2)[C@@H]3Nc2nc3n(n2)CCC[C@@H]3Oc2cccc(F)c2F)ncn1. The van der Waals surface area contributed by atoms with Crippen LogP contribution in [0.15, 0.2) is 30.6 Å². The number of benzene rings is 1. The Labute approximate surface area is 196 Å². The second-order valence-corrected chi connectivity index (χ2v) is 9.51. The van der Waals surface area contributed by atoms with E-state index in [1.165, 1.54) is 12.1 Å². The predicted molar refractivity (Wildman–Crippen MR) is 122 cm³/mol. The number of hydrogen-bond donors (Lipinski definition) is 1. The Morgan fingerprint density at radius 1 is 1.09 bits per heavy atom. The van der Waals surface area contributed by atoms with Crippen LogP contribution in [0.1, 0.15) is 43.3 Å². The van der Waals surface area contributed by atoms with Gasteiger partial charge in [0.05, 0.1) is 0 Å². The number of fused-ring (bicyclic) bond motifs is 3. The molecule has 1 aromatic carbocycles. The predicted octanol–water partition coefficient (Wildman–Crippen LogP) is 3.90. The molecule has 178 valence electrons. The third kappa shape index (κ3) is 3.84. The molecular formula is C24H27F2N7O. The van der Waals surface area contributed by atoms with Crippen LogP contribution in [0, 0.1) is 30.4 Å². The molecule has 1 saturated carbocycles. The molecule has 0 spiro atoms. The summed E-state index contributed by atoms with van der Waals surface area (Å²) in [6, 6.07) is 6.30. The zero-order valence-electron chi connectivity index (χ0n) is 19.0. The van der Waals surface area contributed by atoms with Crippen LogP contribution in [0.25, 0.3) is 0 Å². The first-order valence-corrected chi connectivity index (χ1v) is 11.9. The average Bonchev–Trinajstić information content (AvgIpc) is 3.33. The highest BCUT2D eigenvalue weighted by Gasteiger charge is 2.43. The van der Waals surface area contributed by atoms with Gasteiger partial charge in [0.1, 0.15) is 12.1 Å². The zero-order valence-corrected chi connectivity index (χ0v) is 19.0. The number of aryl methyl sites for hydroxylation is 2. The number of ether oxygens (including phenoxy) is 1. The van der Waals surface area contributed by atoms with Crippen molar-refractivity contribution in [3.63, 3.8) is 0 Å². The maximum Gasteiger partial charge on any atom is 0.242 e. The molecule has 6 rings (SSSR count). The zero-order chi connectivity index (χ0) is 23.2. The number of aromatic nitrogens is 5. The van der Waals surface area contributed by atoms with Crippen LogP contribution in [-0.4, -0.2) is 43.9 Å². The molecule has 4 heterocycles. The summed E-state index contributed by atoms with van der Waals surface area (Å²) < 4.78 is 35.4. The van der Waals surface area contributed by atoms with Crippen molar-refractivity contribution in [3.05, 3.63) is 53.7 Å². The number of halogens is 2. The highest BCUT2D eigenvalue weighted by atomic mass is 19.2. The van der Waals surface area contributed by atoms with Crippen LogP contribution < -0.4 is 15.0 Å². The van der Waals surface area contributed by atoms with Gasteiger partial charge in [0, 0.05) is 37.4 Å². The lowest BCUT2D eigenvalue weighted by molar-refractivity contribution is 0.147. The van der Waals surface area contributed by atoms with E-state index >= 15 is 0 Å². The molecule has 2 bridgehead atoms. The monoisotopic (exact) mass is 467 g/mol. The molecule has 1 N–H and O–H groups in total. The summed E-state index contributed by atoms with van der Waals surface area (Å²) in [5.74, 6) is 1.18. The normalized spacial score (nSPS) is 25.8. The minimum absolute atomic E-state index is 0.0960. The van der Waals surface area contributed by atoms with E-state index in [1.54, 1.807) is 6.33 Å². The number of nitrogens with one attached hydrogen (secondary N) is 1. The molecule has 3 aliphatic rings. The lowest BCUT2D eigenvalue weighted by atomic mass is 9.92. The maximum absolute atomic E-state index is 14.1. The number of hydrogen-bond acceptors (Lipinski definition) is 7. The molecule has 2 aliphatic heterocycles. The highest BCUT2D eigenvalue weighted by molar-refractivity contribution is 5.41. The molecule has 4 atom stereocenters. The van der Waals surface area contributed by atoms with Gasteiger partial charge < -0.3 is 15.0 Å². The summed E-state index contributed by atoms with van der Waals surface area (Å²) in [7, 11) is 0. The standard InChI is InChI=1S/C24H27F2N7O/c1-14-10-20(28-13-27-14)32-11-15-7-8-16(12-32)22(15)29-24-30-23-19(6-3-9-33(23)31-24)34-18-5-2-4-17(25)21(18)26/h2,4-5,10,13,15-16,19,22H,3,6-9,11-12H2,1H3,(H,29,31)/t15-,16+,19-,22-/m0/s1. The van der Waals surface area contributed by atoms with E-state index in [2.05, 4.69) is 25.3 Å². The van der Waals surface area contributed by atoms with Gasteiger partial charge in [-0.2, -0.15) is 9.37 Å². The Morgan fingerprint density at radius 2 is 1.91 bits per heavy atom. The largest absolute Gasteiger partial charge is 0.479 e. The molecule has 0 unspecified atom stereocenters. The molecule has 2 aromatic heterocycles. The fraction of sp³-hybridized carbons (Fsp3) is 0.500. The number of anilines is 2. The summed E-state index contributed by atoms with van der Waals surface area (Å²) in [4.78, 5) is 15.8. The van der Waals surface area contributed by atoms with Crippen molar-refractivity contribution in [2.75, 3.05) is 23.3 Å². The second kappa shape index (κ2) is 8.48. The first-order valence-electron chi connectivity index (χ1n) is 11.9. The molecule has 8 nitrogen and oxygen atoms in total. The van der Waals surface area contributed by atoms with Crippen molar-refractivity contribution in [3.8, 4) is 5.75 Å². The number of piperidine rings is 1. The Morgan fingerprint density at radius 3 is 2.71 bits per heavy atom. The van der Waals surface area contributed by atoms with E-state index in [1.807, 2.05) is 17.7 Å². The lowest BCUT2D eigenvalue weighted by Gasteiger charge is -2.38.